The van der Waals surface area contributed by atoms with Crippen LogP contribution in [0.4, 0.5) is 45.5 Å². The van der Waals surface area contributed by atoms with Crippen LogP contribution in [0.15, 0.2) is 303 Å². The lowest BCUT2D eigenvalue weighted by molar-refractivity contribution is 0.831. The number of hydrogen-bond acceptors (Lipinski definition) is 6. The third-order valence-electron chi connectivity index (χ3n) is 18.7. The molecule has 0 amide bonds. The van der Waals surface area contributed by atoms with Crippen LogP contribution in [0.2, 0.25) is 0 Å². The number of nitrogens with zero attached hydrogens (tertiary/aromatic N) is 9. The number of fused-ring (bicyclic) bond motifs is 20. The van der Waals surface area contributed by atoms with Crippen molar-refractivity contribution >= 4 is 68.0 Å². The Morgan fingerprint density at radius 2 is 0.522 bits per heavy atom. The zero-order chi connectivity index (χ0) is 59.0. The summed E-state index contributed by atoms with van der Waals surface area (Å²) < 4.78 is 6.00. The maximum atomic E-state index is 5.45. The third kappa shape index (κ3) is 7.59. The Labute approximate surface area is 519 Å². The van der Waals surface area contributed by atoms with Gasteiger partial charge >= 0.3 is 0 Å². The van der Waals surface area contributed by atoms with E-state index in [0.29, 0.717) is 0 Å². The lowest BCUT2D eigenvalue weighted by Crippen LogP contribution is -2.17. The fraction of sp³-hybridized carbons (Fsp3) is 0.0247. The minimum absolute atomic E-state index is 0.817. The van der Waals surface area contributed by atoms with Gasteiger partial charge in [0.15, 0.2) is 16.9 Å². The van der Waals surface area contributed by atoms with Crippen molar-refractivity contribution in [3.05, 3.63) is 309 Å². The number of para-hydroxylation sites is 5. The molecule has 3 aliphatic heterocycles. The number of rotatable bonds is 6. The predicted molar refractivity (Wildman–Crippen MR) is 367 cm³/mol. The van der Waals surface area contributed by atoms with Gasteiger partial charge in [-0.25, -0.2) is 0 Å². The molecule has 0 N–H and O–H groups in total. The molecule has 7 heterocycles. The predicted octanol–water partition coefficient (Wildman–Crippen LogP) is 20.7. The second kappa shape index (κ2) is 19.7. The second-order valence-corrected chi connectivity index (χ2v) is 23.6. The van der Waals surface area contributed by atoms with Gasteiger partial charge in [0.1, 0.15) is 0 Å². The second-order valence-electron chi connectivity index (χ2n) is 23.6. The van der Waals surface area contributed by atoms with Crippen molar-refractivity contribution in [1.82, 2.24) is 28.8 Å². The largest absolute Gasteiger partial charge is 0.310 e. The lowest BCUT2D eigenvalue weighted by atomic mass is 9.90. The van der Waals surface area contributed by atoms with E-state index in [1.165, 1.54) is 72.5 Å². The summed E-state index contributed by atoms with van der Waals surface area (Å²) in [5.41, 5.74) is 32.8. The van der Waals surface area contributed by atoms with Crippen LogP contribution in [-0.2, 0) is 0 Å². The average Bonchev–Trinajstić information content (AvgIpc) is 1.74. The molecule has 9 heteroatoms. The Morgan fingerprint density at radius 1 is 0.256 bits per heavy atom. The Bertz CT molecular complexity index is 5120. The van der Waals surface area contributed by atoms with Crippen molar-refractivity contribution in [2.24, 2.45) is 0 Å². The molecule has 4 aliphatic rings. The highest BCUT2D eigenvalue weighted by Gasteiger charge is 2.31. The van der Waals surface area contributed by atoms with Crippen LogP contribution < -0.4 is 14.7 Å². The highest BCUT2D eigenvalue weighted by atomic mass is 15.4. The monoisotopic (exact) mass is 1150 g/mol. The molecule has 90 heavy (non-hydrogen) atoms. The van der Waals surface area contributed by atoms with E-state index in [0.717, 1.165) is 109 Å². The van der Waals surface area contributed by atoms with Gasteiger partial charge in [0.2, 0.25) is 0 Å². The molecule has 0 unspecified atom stereocenters. The molecule has 0 atom stereocenters. The van der Waals surface area contributed by atoms with Crippen LogP contribution in [-0.4, -0.2) is 28.8 Å². The van der Waals surface area contributed by atoms with Gasteiger partial charge in [-0.15, -0.1) is 0 Å². The first-order chi connectivity index (χ1) is 44.6. The van der Waals surface area contributed by atoms with E-state index in [9.17, 15) is 0 Å². The summed E-state index contributed by atoms with van der Waals surface area (Å²) in [4.78, 5) is 7.22. The van der Waals surface area contributed by atoms with Crippen molar-refractivity contribution in [2.45, 2.75) is 12.8 Å². The fourth-order valence-electron chi connectivity index (χ4n) is 14.6. The molecule has 0 saturated heterocycles. The van der Waals surface area contributed by atoms with Gasteiger partial charge in [-0.3, -0.25) is 0 Å². The zero-order valence-corrected chi connectivity index (χ0v) is 48.7. The number of anilines is 8. The van der Waals surface area contributed by atoms with Crippen molar-refractivity contribution in [3.8, 4) is 89.4 Å². The van der Waals surface area contributed by atoms with Gasteiger partial charge in [0, 0.05) is 85.5 Å². The van der Waals surface area contributed by atoms with Crippen molar-refractivity contribution in [1.29, 1.82) is 0 Å². The Kier molecular flexibility index (Phi) is 11.0. The number of benzene rings is 11. The summed E-state index contributed by atoms with van der Waals surface area (Å²) in [6.07, 6.45) is 6.61. The molecule has 11 aromatic carbocycles. The summed E-state index contributed by atoms with van der Waals surface area (Å²) in [5.74, 6) is 0. The van der Waals surface area contributed by atoms with E-state index in [4.69, 9.17) is 15.3 Å². The first-order valence-corrected chi connectivity index (χ1v) is 30.8. The summed E-state index contributed by atoms with van der Waals surface area (Å²) in [6, 6.07) is 103. The van der Waals surface area contributed by atoms with E-state index < -0.39 is 0 Å². The van der Waals surface area contributed by atoms with Gasteiger partial charge in [-0.05, 0) is 125 Å². The van der Waals surface area contributed by atoms with E-state index >= 15 is 0 Å². The average molecular weight is 1150 g/mol. The maximum Gasteiger partial charge on any atom is 0.162 e. The van der Waals surface area contributed by atoms with Crippen LogP contribution in [0, 0.1) is 0 Å². The standard InChI is InChI=1S/C81H53N9/c1-2-20-59-58(19-1)64-25-7-13-31-73(64)85(74-32-14-8-26-65(59)74)55-43-37-52(38-44-55)70-49-79-88(82-70)80-50-71(53-39-45-56(46-40-53)86-75-33-15-9-27-66(75)60-21-3-4-22-61(60)67-28-10-16-34-76(67)86)84-90(80)81-51-72(83-89(79)81)54-41-47-57(48-42-54)87-77-35-17-11-29-68(77)62-23-5-6-24-63(62)69-30-12-18-36-78(69)87/h1-11,13-29,31-51H,12,30H2. The molecule has 9 nitrogen and oxygen atoms in total. The lowest BCUT2D eigenvalue weighted by Gasteiger charge is -2.29. The molecular formula is C81H53N9. The van der Waals surface area contributed by atoms with Crippen molar-refractivity contribution < 1.29 is 0 Å². The molecule has 15 aromatic rings. The fourth-order valence-corrected chi connectivity index (χ4v) is 14.6. The van der Waals surface area contributed by atoms with Gasteiger partial charge < -0.3 is 14.7 Å². The molecule has 0 bridgehead atoms. The van der Waals surface area contributed by atoms with Crippen LogP contribution >= 0.6 is 0 Å². The SMILES string of the molecule is C1=CC2=C(CC1)c1ccccc1-c1ccccc1N2c1ccc(-c2cc3n(n2)c2cc(-c4ccc(N5c6ccccc6-c6ccccc6-c6ccccc65)cc4)nn2c2cc(-c4ccc(N5c6ccccc6-c6ccccc6-c6ccccc65)cc4)nn32)cc1. The van der Waals surface area contributed by atoms with Crippen molar-refractivity contribution in [2.75, 3.05) is 14.7 Å². The zero-order valence-electron chi connectivity index (χ0n) is 48.7. The van der Waals surface area contributed by atoms with E-state index in [1.54, 1.807) is 0 Å². The molecule has 1 aliphatic carbocycles. The summed E-state index contributed by atoms with van der Waals surface area (Å²) in [5, 5.41) is 16.3. The molecule has 0 saturated carbocycles. The van der Waals surface area contributed by atoms with Crippen LogP contribution in [0.25, 0.3) is 112 Å². The number of allylic oxidation sites excluding steroid dienone is 3. The quantitative estimate of drug-likeness (QED) is 0.165. The molecule has 0 spiro atoms. The van der Waals surface area contributed by atoms with Crippen LogP contribution in [0.3, 0.4) is 0 Å². The Morgan fingerprint density at radius 3 is 0.856 bits per heavy atom. The van der Waals surface area contributed by atoms with Gasteiger partial charge in [0.25, 0.3) is 0 Å². The van der Waals surface area contributed by atoms with Gasteiger partial charge in [-0.1, -0.05) is 206 Å². The summed E-state index contributed by atoms with van der Waals surface area (Å²) >= 11 is 0. The normalized spacial score (nSPS) is 13.5. The van der Waals surface area contributed by atoms with E-state index in [2.05, 4.69) is 312 Å². The van der Waals surface area contributed by atoms with Gasteiger partial charge in [-0.2, -0.15) is 28.8 Å². The molecule has 4 aromatic heterocycles. The maximum absolute atomic E-state index is 5.45. The minimum Gasteiger partial charge on any atom is -0.310 e. The molecular weight excluding hydrogens is 1100 g/mol. The van der Waals surface area contributed by atoms with Crippen molar-refractivity contribution in [3.63, 3.8) is 0 Å². The molecule has 19 rings (SSSR count). The minimum atomic E-state index is 0.817. The Balaban J connectivity index is 0.739. The number of aromatic nitrogens is 6. The highest BCUT2D eigenvalue weighted by Crippen LogP contribution is 2.54. The third-order valence-corrected chi connectivity index (χ3v) is 18.7. The molecule has 0 fully saturated rings. The topological polar surface area (TPSA) is 61.6 Å². The van der Waals surface area contributed by atoms with Crippen LogP contribution in [0.1, 0.15) is 18.4 Å². The number of hydrogen-bond donors (Lipinski definition) is 0. The summed E-state index contributed by atoms with van der Waals surface area (Å²) in [7, 11) is 0. The first-order valence-electron chi connectivity index (χ1n) is 30.8. The Hall–Kier alpha value is -12.1. The van der Waals surface area contributed by atoms with E-state index in [-0.39, 0.29) is 0 Å². The summed E-state index contributed by atoms with van der Waals surface area (Å²) in [6.45, 7) is 0. The smallest absolute Gasteiger partial charge is 0.162 e. The van der Waals surface area contributed by atoms with Gasteiger partial charge in [0.05, 0.1) is 45.5 Å². The molecule has 0 radical (unpaired) electrons. The molecule has 422 valence electrons. The van der Waals surface area contributed by atoms with Crippen LogP contribution in [0.5, 0.6) is 0 Å². The first kappa shape index (κ1) is 50.1. The van der Waals surface area contributed by atoms with E-state index in [1.807, 2.05) is 13.5 Å². The highest BCUT2D eigenvalue weighted by molar-refractivity contribution is 6.04.